The van der Waals surface area contributed by atoms with Gasteiger partial charge in [-0.15, -0.1) is 0 Å². The van der Waals surface area contributed by atoms with E-state index in [1.54, 1.807) is 14.2 Å². The van der Waals surface area contributed by atoms with Crippen LogP contribution in [0.15, 0.2) is 47.1 Å². The maximum atomic E-state index is 13.0. The zero-order valence-corrected chi connectivity index (χ0v) is 17.2. The molecule has 3 heteroatoms. The van der Waals surface area contributed by atoms with Gasteiger partial charge in [0.05, 0.1) is 14.2 Å². The van der Waals surface area contributed by atoms with Gasteiger partial charge in [0, 0.05) is 16.7 Å². The molecule has 0 amide bonds. The Balaban J connectivity index is 2.67. The van der Waals surface area contributed by atoms with Gasteiger partial charge in [0.1, 0.15) is 0 Å². The molecule has 1 aliphatic carbocycles. The molecule has 0 bridgehead atoms. The van der Waals surface area contributed by atoms with Crippen LogP contribution < -0.4 is 9.47 Å². The summed E-state index contributed by atoms with van der Waals surface area (Å²) in [6.07, 6.45) is 6.04. The Morgan fingerprint density at radius 3 is 1.81 bits per heavy atom. The van der Waals surface area contributed by atoms with E-state index in [0.29, 0.717) is 11.5 Å². The summed E-state index contributed by atoms with van der Waals surface area (Å²) in [5.41, 5.74) is 3.13. The quantitative estimate of drug-likeness (QED) is 0.707. The van der Waals surface area contributed by atoms with E-state index in [0.717, 1.165) is 22.3 Å². The van der Waals surface area contributed by atoms with Crippen LogP contribution >= 0.6 is 0 Å². The first-order chi connectivity index (χ1) is 12.0. The van der Waals surface area contributed by atoms with Gasteiger partial charge in [-0.05, 0) is 40.7 Å². The maximum absolute atomic E-state index is 13.0. The van der Waals surface area contributed by atoms with Crippen LogP contribution in [0, 0.1) is 10.8 Å². The summed E-state index contributed by atoms with van der Waals surface area (Å²) < 4.78 is 10.9. The molecule has 0 saturated heterocycles. The van der Waals surface area contributed by atoms with Gasteiger partial charge in [0.2, 0.25) is 0 Å². The molecular formula is C23H30O3. The third kappa shape index (κ3) is 4.09. The Kier molecular flexibility index (Phi) is 5.50. The largest absolute Gasteiger partial charge is 0.493 e. The molecule has 0 fully saturated rings. The predicted octanol–water partition coefficient (Wildman–Crippen LogP) is 5.61. The van der Waals surface area contributed by atoms with E-state index in [9.17, 15) is 4.79 Å². The first kappa shape index (κ1) is 20.0. The highest BCUT2D eigenvalue weighted by Crippen LogP contribution is 2.40. The predicted molar refractivity (Wildman–Crippen MR) is 108 cm³/mol. The summed E-state index contributed by atoms with van der Waals surface area (Å²) in [5, 5.41) is 0. The van der Waals surface area contributed by atoms with Gasteiger partial charge in [-0.3, -0.25) is 4.79 Å². The molecule has 0 saturated carbocycles. The van der Waals surface area contributed by atoms with Crippen molar-refractivity contribution < 1.29 is 14.3 Å². The molecule has 0 atom stereocenters. The Hall–Kier alpha value is -2.29. The molecule has 0 unspecified atom stereocenters. The molecule has 0 heterocycles. The van der Waals surface area contributed by atoms with Crippen molar-refractivity contribution in [3.63, 3.8) is 0 Å². The van der Waals surface area contributed by atoms with E-state index in [4.69, 9.17) is 9.47 Å². The zero-order valence-electron chi connectivity index (χ0n) is 17.2. The van der Waals surface area contributed by atoms with Crippen molar-refractivity contribution in [2.75, 3.05) is 14.2 Å². The smallest absolute Gasteiger partial charge is 0.186 e. The lowest BCUT2D eigenvalue weighted by Gasteiger charge is -2.31. The molecule has 0 N–H and O–H groups in total. The topological polar surface area (TPSA) is 35.5 Å². The zero-order chi connectivity index (χ0) is 19.7. The number of Topliss-reactive ketones (excluding diaryl/α,β-unsaturated/α-hetero) is 1. The second-order valence-electron chi connectivity index (χ2n) is 8.67. The van der Waals surface area contributed by atoms with Crippen LogP contribution in [-0.2, 0) is 4.79 Å². The van der Waals surface area contributed by atoms with Gasteiger partial charge in [0.25, 0.3) is 0 Å². The first-order valence-electron chi connectivity index (χ1n) is 8.90. The van der Waals surface area contributed by atoms with Crippen LogP contribution in [0.25, 0.3) is 6.08 Å². The molecular weight excluding hydrogens is 324 g/mol. The van der Waals surface area contributed by atoms with Crippen LogP contribution in [-0.4, -0.2) is 20.0 Å². The minimum Gasteiger partial charge on any atom is -0.493 e. The summed E-state index contributed by atoms with van der Waals surface area (Å²) in [6.45, 7) is 12.5. The van der Waals surface area contributed by atoms with Crippen molar-refractivity contribution in [3.05, 3.63) is 52.6 Å². The third-order valence-electron chi connectivity index (χ3n) is 4.48. The molecule has 26 heavy (non-hydrogen) atoms. The third-order valence-corrected chi connectivity index (χ3v) is 4.48. The lowest BCUT2D eigenvalue weighted by molar-refractivity contribution is -0.114. The summed E-state index contributed by atoms with van der Waals surface area (Å²) >= 11 is 0. The van der Waals surface area contributed by atoms with Gasteiger partial charge in [-0.25, -0.2) is 0 Å². The van der Waals surface area contributed by atoms with Gasteiger partial charge in [0.15, 0.2) is 17.3 Å². The van der Waals surface area contributed by atoms with Crippen molar-refractivity contribution in [3.8, 4) is 11.5 Å². The minimum atomic E-state index is -0.223. The standard InChI is InChI=1S/C23H30O3/c1-22(2,3)17-13-15(14-18(20(17)24)23(4,5)6)12-16-10-9-11-19(25-7)21(16)26-8/h9-14H,1-8H3. The van der Waals surface area contributed by atoms with Gasteiger partial charge in [-0.2, -0.15) is 0 Å². The average molecular weight is 354 g/mol. The molecule has 0 radical (unpaired) electrons. The summed E-state index contributed by atoms with van der Waals surface area (Å²) in [5.74, 6) is 1.52. The number of hydrogen-bond acceptors (Lipinski definition) is 3. The number of methoxy groups -OCH3 is 2. The van der Waals surface area contributed by atoms with E-state index in [-0.39, 0.29) is 16.6 Å². The molecule has 1 aliphatic rings. The van der Waals surface area contributed by atoms with E-state index in [2.05, 4.69) is 41.5 Å². The van der Waals surface area contributed by atoms with Crippen LogP contribution in [0.1, 0.15) is 47.1 Å². The summed E-state index contributed by atoms with van der Waals surface area (Å²) in [6, 6.07) is 5.79. The number of hydrogen-bond donors (Lipinski definition) is 0. The highest BCUT2D eigenvalue weighted by Gasteiger charge is 2.34. The summed E-state index contributed by atoms with van der Waals surface area (Å²) in [7, 11) is 3.26. The van der Waals surface area contributed by atoms with E-state index >= 15 is 0 Å². The number of ether oxygens (including phenoxy) is 2. The molecule has 140 valence electrons. The van der Waals surface area contributed by atoms with E-state index in [1.165, 1.54) is 0 Å². The number of carbonyl (C=O) groups is 1. The Labute approximate surface area is 157 Å². The Bertz CT molecular complexity index is 758. The lowest BCUT2D eigenvalue weighted by Crippen LogP contribution is -2.27. The van der Waals surface area contributed by atoms with E-state index < -0.39 is 0 Å². The number of ketones is 1. The molecule has 0 aromatic heterocycles. The molecule has 1 aromatic rings. The van der Waals surface area contributed by atoms with Gasteiger partial charge in [-0.1, -0.05) is 53.7 Å². The Morgan fingerprint density at radius 2 is 1.38 bits per heavy atom. The number of benzene rings is 1. The van der Waals surface area contributed by atoms with Crippen molar-refractivity contribution >= 4 is 11.9 Å². The fourth-order valence-corrected chi connectivity index (χ4v) is 3.05. The minimum absolute atomic E-state index is 0.139. The second-order valence-corrected chi connectivity index (χ2v) is 8.67. The van der Waals surface area contributed by atoms with Crippen LogP contribution in [0.4, 0.5) is 0 Å². The van der Waals surface area contributed by atoms with Crippen molar-refractivity contribution in [2.24, 2.45) is 10.8 Å². The first-order valence-corrected chi connectivity index (χ1v) is 8.90. The highest BCUT2D eigenvalue weighted by molar-refractivity contribution is 6.12. The van der Waals surface area contributed by atoms with Crippen LogP contribution in [0.5, 0.6) is 11.5 Å². The number of allylic oxidation sites excluding steroid dienone is 5. The van der Waals surface area contributed by atoms with Crippen LogP contribution in [0.2, 0.25) is 0 Å². The monoisotopic (exact) mass is 354 g/mol. The van der Waals surface area contributed by atoms with Gasteiger partial charge < -0.3 is 9.47 Å². The SMILES string of the molecule is COc1cccc(C=C2C=C(C(C)(C)C)C(=O)C(C(C)(C)C)=C2)c1OC. The van der Waals surface area contributed by atoms with Crippen molar-refractivity contribution in [2.45, 2.75) is 41.5 Å². The van der Waals surface area contributed by atoms with E-state index in [1.807, 2.05) is 36.4 Å². The van der Waals surface area contributed by atoms with Gasteiger partial charge >= 0.3 is 0 Å². The normalized spacial score (nSPS) is 15.4. The molecule has 1 aromatic carbocycles. The molecule has 2 rings (SSSR count). The molecule has 0 aliphatic heterocycles. The fourth-order valence-electron chi connectivity index (χ4n) is 3.05. The molecule has 0 spiro atoms. The van der Waals surface area contributed by atoms with Crippen molar-refractivity contribution in [1.82, 2.24) is 0 Å². The highest BCUT2D eigenvalue weighted by atomic mass is 16.5. The fraction of sp³-hybridized carbons (Fsp3) is 0.435. The lowest BCUT2D eigenvalue weighted by atomic mass is 9.72. The second kappa shape index (κ2) is 7.14. The van der Waals surface area contributed by atoms with Crippen molar-refractivity contribution in [1.29, 1.82) is 0 Å². The molecule has 3 nitrogen and oxygen atoms in total. The number of rotatable bonds is 3. The Morgan fingerprint density at radius 1 is 0.846 bits per heavy atom. The number of carbonyl (C=O) groups excluding carboxylic acids is 1. The maximum Gasteiger partial charge on any atom is 0.186 e. The summed E-state index contributed by atoms with van der Waals surface area (Å²) in [4.78, 5) is 13.0. The van der Waals surface area contributed by atoms with Crippen LogP contribution in [0.3, 0.4) is 0 Å². The average Bonchev–Trinajstić information content (AvgIpc) is 2.53. The number of para-hydroxylation sites is 1.